The molecular formula is C22H19N3O5S. The van der Waals surface area contributed by atoms with Gasteiger partial charge >= 0.3 is 5.97 Å². The highest BCUT2D eigenvalue weighted by Crippen LogP contribution is 2.38. The summed E-state index contributed by atoms with van der Waals surface area (Å²) in [6.45, 7) is -0.227. The lowest BCUT2D eigenvalue weighted by Gasteiger charge is -2.10. The Morgan fingerprint density at radius 2 is 1.94 bits per heavy atom. The minimum atomic E-state index is -0.548. The summed E-state index contributed by atoms with van der Waals surface area (Å²) >= 11 is 1.41. The number of rotatable bonds is 7. The molecule has 0 radical (unpaired) electrons. The van der Waals surface area contributed by atoms with Crippen LogP contribution in [0.2, 0.25) is 0 Å². The van der Waals surface area contributed by atoms with Crippen LogP contribution in [-0.2, 0) is 22.7 Å². The Morgan fingerprint density at radius 3 is 2.74 bits per heavy atom. The number of carbonyl (C=O) groups is 1. The maximum atomic E-state index is 12.5. The van der Waals surface area contributed by atoms with Crippen molar-refractivity contribution in [3.05, 3.63) is 70.2 Å². The normalized spacial score (nSPS) is 10.8. The fraction of sp³-hybridized carbons (Fsp3) is 0.182. The van der Waals surface area contributed by atoms with Crippen molar-refractivity contribution in [2.75, 3.05) is 14.2 Å². The Hall–Kier alpha value is -3.72. The molecule has 9 heteroatoms. The van der Waals surface area contributed by atoms with Crippen molar-refractivity contribution >= 4 is 28.2 Å². The van der Waals surface area contributed by atoms with Crippen LogP contribution < -0.4 is 15.0 Å². The van der Waals surface area contributed by atoms with Crippen molar-refractivity contribution in [1.29, 1.82) is 0 Å². The number of methoxy groups -OCH3 is 2. The maximum absolute atomic E-state index is 12.5. The van der Waals surface area contributed by atoms with Crippen LogP contribution in [0, 0.1) is 0 Å². The lowest BCUT2D eigenvalue weighted by molar-refractivity contribution is -0.145. The molecule has 4 aromatic rings. The Morgan fingerprint density at radius 1 is 1.10 bits per heavy atom. The third kappa shape index (κ3) is 4.26. The van der Waals surface area contributed by atoms with Gasteiger partial charge in [0.05, 0.1) is 42.7 Å². The van der Waals surface area contributed by atoms with Gasteiger partial charge in [-0.05, 0) is 24.3 Å². The van der Waals surface area contributed by atoms with Crippen molar-refractivity contribution in [2.45, 2.75) is 13.2 Å². The van der Waals surface area contributed by atoms with Crippen molar-refractivity contribution in [3.8, 4) is 22.1 Å². The van der Waals surface area contributed by atoms with Gasteiger partial charge < -0.3 is 14.2 Å². The second kappa shape index (κ2) is 8.97. The third-order valence-electron chi connectivity index (χ3n) is 4.60. The van der Waals surface area contributed by atoms with Crippen molar-refractivity contribution in [3.63, 3.8) is 0 Å². The highest BCUT2D eigenvalue weighted by atomic mass is 32.1. The number of para-hydroxylation sites is 2. The first-order valence-electron chi connectivity index (χ1n) is 9.36. The molecule has 0 unspecified atom stereocenters. The molecule has 0 aliphatic rings. The standard InChI is InChI=1S/C22H19N3O5S/c1-28-18-9-5-7-16(20(18)29-2)21-24-14(12-31-21)11-30-19(26)10-25-13-23-17-8-4-3-6-15(17)22(25)27/h3-9,12-13H,10-11H2,1-2H3. The molecule has 0 bridgehead atoms. The van der Waals surface area contributed by atoms with Crippen LogP contribution in [0.3, 0.4) is 0 Å². The van der Waals surface area contributed by atoms with Crippen molar-refractivity contribution in [2.24, 2.45) is 0 Å². The SMILES string of the molecule is COc1cccc(-c2nc(COC(=O)Cn3cnc4ccccc4c3=O)cs2)c1OC. The lowest BCUT2D eigenvalue weighted by atomic mass is 10.2. The van der Waals surface area contributed by atoms with E-state index in [1.165, 1.54) is 22.2 Å². The zero-order valence-corrected chi connectivity index (χ0v) is 17.7. The van der Waals surface area contributed by atoms with E-state index in [0.29, 0.717) is 28.1 Å². The van der Waals surface area contributed by atoms with E-state index in [4.69, 9.17) is 14.2 Å². The van der Waals surface area contributed by atoms with Crippen LogP contribution >= 0.6 is 11.3 Å². The van der Waals surface area contributed by atoms with Gasteiger partial charge in [-0.15, -0.1) is 11.3 Å². The largest absolute Gasteiger partial charge is 0.493 e. The molecule has 0 fully saturated rings. The molecule has 0 saturated carbocycles. The van der Waals surface area contributed by atoms with Crippen LogP contribution in [0.4, 0.5) is 0 Å². The summed E-state index contributed by atoms with van der Waals surface area (Å²) in [5, 5.41) is 2.98. The maximum Gasteiger partial charge on any atom is 0.326 e. The monoisotopic (exact) mass is 437 g/mol. The number of nitrogens with zero attached hydrogens (tertiary/aromatic N) is 3. The summed E-state index contributed by atoms with van der Waals surface area (Å²) in [5.41, 5.74) is 1.68. The number of fused-ring (bicyclic) bond motifs is 1. The molecule has 0 aliphatic carbocycles. The summed E-state index contributed by atoms with van der Waals surface area (Å²) in [7, 11) is 3.14. The predicted octanol–water partition coefficient (Wildman–Crippen LogP) is 3.28. The van der Waals surface area contributed by atoms with Gasteiger partial charge in [0.2, 0.25) is 0 Å². The number of hydrogen-bond acceptors (Lipinski definition) is 8. The van der Waals surface area contributed by atoms with E-state index in [1.54, 1.807) is 38.5 Å². The zero-order valence-electron chi connectivity index (χ0n) is 16.9. The highest BCUT2D eigenvalue weighted by Gasteiger charge is 2.15. The number of aromatic nitrogens is 3. The molecule has 2 aromatic carbocycles. The van der Waals surface area contributed by atoms with E-state index in [0.717, 1.165) is 10.6 Å². The van der Waals surface area contributed by atoms with Crippen molar-refractivity contribution in [1.82, 2.24) is 14.5 Å². The van der Waals surface area contributed by atoms with Gasteiger partial charge in [0.15, 0.2) is 11.5 Å². The zero-order chi connectivity index (χ0) is 21.8. The Bertz CT molecular complexity index is 1300. The summed E-state index contributed by atoms with van der Waals surface area (Å²) in [6.07, 6.45) is 1.35. The fourth-order valence-electron chi connectivity index (χ4n) is 3.11. The van der Waals surface area contributed by atoms with Gasteiger partial charge in [-0.2, -0.15) is 0 Å². The molecule has 158 valence electrons. The number of ether oxygens (including phenoxy) is 3. The first-order valence-corrected chi connectivity index (χ1v) is 10.2. The summed E-state index contributed by atoms with van der Waals surface area (Å²) in [5.74, 6) is 0.649. The minimum absolute atomic E-state index is 0.00260. The Kier molecular flexibility index (Phi) is 5.94. The van der Waals surface area contributed by atoms with Gasteiger partial charge in [-0.25, -0.2) is 9.97 Å². The molecule has 0 saturated heterocycles. The molecular weight excluding hydrogens is 418 g/mol. The summed E-state index contributed by atoms with van der Waals surface area (Å²) in [4.78, 5) is 33.5. The van der Waals surface area contributed by atoms with Crippen molar-refractivity contribution < 1.29 is 19.0 Å². The summed E-state index contributed by atoms with van der Waals surface area (Å²) in [6, 6.07) is 12.5. The van der Waals surface area contributed by atoms with Crippen LogP contribution in [-0.4, -0.2) is 34.7 Å². The number of benzene rings is 2. The first kappa shape index (κ1) is 20.5. The average molecular weight is 437 g/mol. The number of esters is 1. The van der Waals surface area contributed by atoms with Gasteiger partial charge in [0, 0.05) is 5.38 Å². The van der Waals surface area contributed by atoms with E-state index in [2.05, 4.69) is 9.97 Å². The van der Waals surface area contributed by atoms with Gasteiger partial charge in [0.25, 0.3) is 5.56 Å². The van der Waals surface area contributed by atoms with Gasteiger partial charge in [0.1, 0.15) is 18.2 Å². The molecule has 8 nitrogen and oxygen atoms in total. The van der Waals surface area contributed by atoms with E-state index in [1.807, 2.05) is 23.6 Å². The van der Waals surface area contributed by atoms with Crippen LogP contribution in [0.1, 0.15) is 5.69 Å². The molecule has 0 amide bonds. The fourth-order valence-corrected chi connectivity index (χ4v) is 3.94. The summed E-state index contributed by atoms with van der Waals surface area (Å²) < 4.78 is 17.3. The first-order chi connectivity index (χ1) is 15.1. The van der Waals surface area contributed by atoms with E-state index < -0.39 is 5.97 Å². The second-order valence-corrected chi connectivity index (χ2v) is 7.40. The average Bonchev–Trinajstić information content (AvgIpc) is 3.28. The number of carbonyl (C=O) groups excluding carboxylic acids is 1. The van der Waals surface area contributed by atoms with Crippen LogP contribution in [0.15, 0.2) is 59.0 Å². The number of thiazole rings is 1. The molecule has 0 atom stereocenters. The second-order valence-electron chi connectivity index (χ2n) is 6.54. The van der Waals surface area contributed by atoms with Gasteiger partial charge in [-0.1, -0.05) is 18.2 Å². The predicted molar refractivity (Wildman–Crippen MR) is 116 cm³/mol. The quantitative estimate of drug-likeness (QED) is 0.410. The van der Waals surface area contributed by atoms with E-state index in [9.17, 15) is 9.59 Å². The molecule has 2 aromatic heterocycles. The smallest absolute Gasteiger partial charge is 0.326 e. The van der Waals surface area contributed by atoms with Gasteiger partial charge in [-0.3, -0.25) is 14.2 Å². The lowest BCUT2D eigenvalue weighted by Crippen LogP contribution is -2.25. The van der Waals surface area contributed by atoms with E-state index >= 15 is 0 Å². The highest BCUT2D eigenvalue weighted by molar-refractivity contribution is 7.13. The van der Waals surface area contributed by atoms with Crippen LogP contribution in [0.5, 0.6) is 11.5 Å². The van der Waals surface area contributed by atoms with E-state index in [-0.39, 0.29) is 18.7 Å². The molecule has 2 heterocycles. The Balaban J connectivity index is 1.44. The van der Waals surface area contributed by atoms with Crippen LogP contribution in [0.25, 0.3) is 21.5 Å². The molecule has 4 rings (SSSR count). The topological polar surface area (TPSA) is 92.5 Å². The molecule has 0 N–H and O–H groups in total. The number of hydrogen-bond donors (Lipinski definition) is 0. The minimum Gasteiger partial charge on any atom is -0.493 e. The Labute approximate surface area is 181 Å². The molecule has 0 spiro atoms. The molecule has 0 aliphatic heterocycles. The molecule has 31 heavy (non-hydrogen) atoms. The third-order valence-corrected chi connectivity index (χ3v) is 5.52.